The molecule has 4 nitrogen and oxygen atoms in total. The van der Waals surface area contributed by atoms with Crippen LogP contribution in [0.15, 0.2) is 16.0 Å². The Morgan fingerprint density at radius 1 is 1.71 bits per heavy atom. The lowest BCUT2D eigenvalue weighted by Gasteiger charge is -2.00. The number of hydrogen-bond donors (Lipinski definition) is 1. The number of nitriles is 1. The van der Waals surface area contributed by atoms with Crippen LogP contribution in [0.2, 0.25) is 0 Å². The van der Waals surface area contributed by atoms with Gasteiger partial charge in [0, 0.05) is 11.8 Å². The lowest BCUT2D eigenvalue weighted by atomic mass is 10.2. The zero-order valence-electron chi connectivity index (χ0n) is 7.91. The fourth-order valence-corrected chi connectivity index (χ4v) is 1.59. The van der Waals surface area contributed by atoms with E-state index in [1.54, 1.807) is 0 Å². The Kier molecular flexibility index (Phi) is 4.20. The maximum Gasteiger partial charge on any atom is 0.251 e. The molecule has 0 aliphatic carbocycles. The number of aryl methyl sites for hydroxylation is 1. The van der Waals surface area contributed by atoms with Crippen LogP contribution in [0, 0.1) is 11.3 Å². The van der Waals surface area contributed by atoms with Gasteiger partial charge in [-0.2, -0.15) is 5.26 Å². The first-order chi connectivity index (χ1) is 6.76. The number of aromatic nitrogens is 2. The summed E-state index contributed by atoms with van der Waals surface area (Å²) in [6.45, 7) is 2.03. The van der Waals surface area contributed by atoms with Gasteiger partial charge in [-0.05, 0) is 6.42 Å². The lowest BCUT2D eigenvalue weighted by molar-refractivity contribution is 0.816. The standard InChI is InChI=1S/C9H11N3OS/c1-2-3-7-6-8(13)12-9(11-7)14-5-4-10/h6H,2-3,5H2,1H3,(H,11,12,13). The van der Waals surface area contributed by atoms with Crippen LogP contribution in [0.4, 0.5) is 0 Å². The second-order valence-electron chi connectivity index (χ2n) is 2.74. The number of thioether (sulfide) groups is 1. The predicted molar refractivity (Wildman–Crippen MR) is 55.2 cm³/mol. The summed E-state index contributed by atoms with van der Waals surface area (Å²) >= 11 is 1.25. The molecule has 0 spiro atoms. The van der Waals surface area contributed by atoms with Crippen molar-refractivity contribution < 1.29 is 0 Å². The van der Waals surface area contributed by atoms with E-state index in [9.17, 15) is 4.79 Å². The summed E-state index contributed by atoms with van der Waals surface area (Å²) in [6.07, 6.45) is 1.75. The largest absolute Gasteiger partial charge is 0.301 e. The number of nitrogens with one attached hydrogen (secondary N) is 1. The van der Waals surface area contributed by atoms with Crippen LogP contribution in [0.1, 0.15) is 19.0 Å². The molecule has 1 N–H and O–H groups in total. The smallest absolute Gasteiger partial charge is 0.251 e. The summed E-state index contributed by atoms with van der Waals surface area (Å²) in [5.41, 5.74) is 0.639. The minimum Gasteiger partial charge on any atom is -0.301 e. The Morgan fingerprint density at radius 2 is 2.50 bits per heavy atom. The molecular formula is C9H11N3OS. The molecule has 74 valence electrons. The first kappa shape index (κ1) is 10.8. The molecule has 0 atom stereocenters. The second kappa shape index (κ2) is 5.45. The number of nitrogens with zero attached hydrogens (tertiary/aromatic N) is 2. The van der Waals surface area contributed by atoms with Gasteiger partial charge in [0.15, 0.2) is 5.16 Å². The van der Waals surface area contributed by atoms with E-state index in [2.05, 4.69) is 9.97 Å². The third-order valence-electron chi connectivity index (χ3n) is 1.55. The average molecular weight is 209 g/mol. The molecular weight excluding hydrogens is 198 g/mol. The molecule has 14 heavy (non-hydrogen) atoms. The van der Waals surface area contributed by atoms with Gasteiger partial charge in [-0.25, -0.2) is 4.98 Å². The van der Waals surface area contributed by atoms with Gasteiger partial charge in [-0.3, -0.25) is 4.79 Å². The molecule has 0 amide bonds. The molecule has 0 saturated carbocycles. The summed E-state index contributed by atoms with van der Waals surface area (Å²) in [5.74, 6) is 0.304. The lowest BCUT2D eigenvalue weighted by Crippen LogP contribution is -2.09. The SMILES string of the molecule is CCCc1cc(=O)[nH]c(SCC#N)n1. The number of aromatic amines is 1. The maximum atomic E-state index is 11.2. The van der Waals surface area contributed by atoms with Crippen molar-refractivity contribution in [3.8, 4) is 6.07 Å². The van der Waals surface area contributed by atoms with E-state index < -0.39 is 0 Å². The molecule has 0 bridgehead atoms. The topological polar surface area (TPSA) is 69.5 Å². The fourth-order valence-electron chi connectivity index (χ4n) is 1.04. The van der Waals surface area contributed by atoms with Gasteiger partial charge < -0.3 is 4.98 Å². The summed E-state index contributed by atoms with van der Waals surface area (Å²) in [7, 11) is 0. The van der Waals surface area contributed by atoms with Gasteiger partial charge >= 0.3 is 0 Å². The molecule has 0 saturated heterocycles. The molecule has 1 aromatic heterocycles. The van der Waals surface area contributed by atoms with E-state index in [-0.39, 0.29) is 5.56 Å². The molecule has 0 aromatic carbocycles. The second-order valence-corrected chi connectivity index (χ2v) is 3.70. The van der Waals surface area contributed by atoms with E-state index in [4.69, 9.17) is 5.26 Å². The van der Waals surface area contributed by atoms with E-state index >= 15 is 0 Å². The molecule has 1 heterocycles. The van der Waals surface area contributed by atoms with E-state index in [0.717, 1.165) is 18.5 Å². The van der Waals surface area contributed by atoms with Crippen molar-refractivity contribution in [1.82, 2.24) is 9.97 Å². The maximum absolute atomic E-state index is 11.2. The molecule has 1 rings (SSSR count). The van der Waals surface area contributed by atoms with Gasteiger partial charge in [-0.1, -0.05) is 25.1 Å². The number of hydrogen-bond acceptors (Lipinski definition) is 4. The highest BCUT2D eigenvalue weighted by Gasteiger charge is 2.00. The Morgan fingerprint density at radius 3 is 3.14 bits per heavy atom. The van der Waals surface area contributed by atoms with Crippen LogP contribution < -0.4 is 5.56 Å². The van der Waals surface area contributed by atoms with Crippen LogP contribution in [-0.2, 0) is 6.42 Å². The van der Waals surface area contributed by atoms with Crippen molar-refractivity contribution in [2.75, 3.05) is 5.75 Å². The van der Waals surface area contributed by atoms with Gasteiger partial charge in [0.05, 0.1) is 11.8 Å². The van der Waals surface area contributed by atoms with Crippen molar-refractivity contribution in [3.63, 3.8) is 0 Å². The molecule has 0 fully saturated rings. The van der Waals surface area contributed by atoms with Gasteiger partial charge in [0.25, 0.3) is 5.56 Å². The third-order valence-corrected chi connectivity index (χ3v) is 2.29. The molecule has 0 radical (unpaired) electrons. The highest BCUT2D eigenvalue weighted by atomic mass is 32.2. The average Bonchev–Trinajstić information content (AvgIpc) is 2.14. The summed E-state index contributed by atoms with van der Waals surface area (Å²) in [5, 5.41) is 8.91. The Balaban J connectivity index is 2.85. The third kappa shape index (κ3) is 3.23. The normalized spacial score (nSPS) is 9.71. The van der Waals surface area contributed by atoms with E-state index in [1.807, 2.05) is 13.0 Å². The summed E-state index contributed by atoms with van der Waals surface area (Å²) < 4.78 is 0. The minimum absolute atomic E-state index is 0.149. The van der Waals surface area contributed by atoms with Crippen LogP contribution in [0.25, 0.3) is 0 Å². The molecule has 0 unspecified atom stereocenters. The van der Waals surface area contributed by atoms with Gasteiger partial charge in [0.2, 0.25) is 0 Å². The van der Waals surface area contributed by atoms with Crippen molar-refractivity contribution in [2.45, 2.75) is 24.9 Å². The van der Waals surface area contributed by atoms with Crippen LogP contribution in [0.5, 0.6) is 0 Å². The van der Waals surface area contributed by atoms with Crippen molar-refractivity contribution in [1.29, 1.82) is 5.26 Å². The Bertz CT molecular complexity index is 394. The molecule has 1 aromatic rings. The quantitative estimate of drug-likeness (QED) is 0.600. The first-order valence-corrected chi connectivity index (χ1v) is 5.34. The number of rotatable bonds is 4. The van der Waals surface area contributed by atoms with Crippen LogP contribution in [0.3, 0.4) is 0 Å². The van der Waals surface area contributed by atoms with E-state index in [0.29, 0.717) is 10.9 Å². The monoisotopic (exact) mass is 209 g/mol. The zero-order chi connectivity index (χ0) is 10.4. The predicted octanol–water partition coefficient (Wildman–Crippen LogP) is 1.34. The van der Waals surface area contributed by atoms with Crippen molar-refractivity contribution >= 4 is 11.8 Å². The molecule has 5 heteroatoms. The molecule has 0 aliphatic rings. The van der Waals surface area contributed by atoms with Crippen molar-refractivity contribution in [2.24, 2.45) is 0 Å². The summed E-state index contributed by atoms with van der Waals surface area (Å²) in [4.78, 5) is 18.0. The van der Waals surface area contributed by atoms with Crippen molar-refractivity contribution in [3.05, 3.63) is 22.1 Å². The summed E-state index contributed by atoms with van der Waals surface area (Å²) in [6, 6.07) is 3.49. The van der Waals surface area contributed by atoms with E-state index in [1.165, 1.54) is 17.8 Å². The van der Waals surface area contributed by atoms with Crippen LogP contribution in [-0.4, -0.2) is 15.7 Å². The van der Waals surface area contributed by atoms with Gasteiger partial charge in [0.1, 0.15) is 0 Å². The number of H-pyrrole nitrogens is 1. The highest BCUT2D eigenvalue weighted by molar-refractivity contribution is 7.99. The zero-order valence-corrected chi connectivity index (χ0v) is 8.73. The minimum atomic E-state index is -0.149. The Labute approximate surface area is 86.4 Å². The fraction of sp³-hybridized carbons (Fsp3) is 0.444. The van der Waals surface area contributed by atoms with Crippen LogP contribution >= 0.6 is 11.8 Å². The first-order valence-electron chi connectivity index (χ1n) is 4.36. The molecule has 0 aliphatic heterocycles. The Hall–Kier alpha value is -1.28. The highest BCUT2D eigenvalue weighted by Crippen LogP contribution is 2.10. The van der Waals surface area contributed by atoms with Gasteiger partial charge in [-0.15, -0.1) is 0 Å².